The highest BCUT2D eigenvalue weighted by Crippen LogP contribution is 2.27. The Labute approximate surface area is 128 Å². The van der Waals surface area contributed by atoms with Gasteiger partial charge >= 0.3 is 0 Å². The van der Waals surface area contributed by atoms with Crippen molar-refractivity contribution < 1.29 is 12.8 Å². The normalized spacial score (nSPS) is 13.2. The fraction of sp³-hybridized carbons (Fsp3) is 0.357. The van der Waals surface area contributed by atoms with Crippen molar-refractivity contribution in [3.8, 4) is 0 Å². The van der Waals surface area contributed by atoms with Crippen molar-refractivity contribution in [1.82, 2.24) is 4.98 Å². The summed E-state index contributed by atoms with van der Waals surface area (Å²) in [6.45, 7) is 5.74. The van der Waals surface area contributed by atoms with E-state index >= 15 is 0 Å². The zero-order chi connectivity index (χ0) is 15.8. The van der Waals surface area contributed by atoms with Gasteiger partial charge in [0.05, 0.1) is 27.3 Å². The molecule has 7 heteroatoms. The Morgan fingerprint density at radius 3 is 2.52 bits per heavy atom. The molecule has 4 nitrogen and oxygen atoms in total. The number of nitrogens with zero attached hydrogens (tertiary/aromatic N) is 1. The summed E-state index contributed by atoms with van der Waals surface area (Å²) in [5.41, 5.74) is 1.01. The topological polar surface area (TPSA) is 59.1 Å². The van der Waals surface area contributed by atoms with E-state index in [9.17, 15) is 12.8 Å². The number of halogens is 1. The molecule has 0 spiro atoms. The van der Waals surface area contributed by atoms with Crippen LogP contribution in [0.4, 0.5) is 10.1 Å². The summed E-state index contributed by atoms with van der Waals surface area (Å²) in [4.78, 5) is 5.57. The number of hydrogen-bond acceptors (Lipinski definition) is 5. The van der Waals surface area contributed by atoms with Crippen LogP contribution in [0.25, 0.3) is 0 Å². The highest BCUT2D eigenvalue weighted by molar-refractivity contribution is 7.90. The van der Waals surface area contributed by atoms with Crippen molar-refractivity contribution in [2.75, 3.05) is 11.6 Å². The van der Waals surface area contributed by atoms with Gasteiger partial charge < -0.3 is 5.32 Å². The van der Waals surface area contributed by atoms with Crippen LogP contribution in [-0.4, -0.2) is 19.7 Å². The van der Waals surface area contributed by atoms with Crippen molar-refractivity contribution in [2.45, 2.75) is 31.7 Å². The van der Waals surface area contributed by atoms with Gasteiger partial charge in [-0.15, -0.1) is 11.3 Å². The van der Waals surface area contributed by atoms with E-state index in [4.69, 9.17) is 0 Å². The summed E-state index contributed by atoms with van der Waals surface area (Å²) in [7, 11) is -3.37. The first-order valence-electron chi connectivity index (χ1n) is 6.38. The van der Waals surface area contributed by atoms with E-state index in [1.165, 1.54) is 12.1 Å². The molecule has 0 aliphatic rings. The van der Waals surface area contributed by atoms with E-state index in [1.807, 2.05) is 20.8 Å². The molecule has 21 heavy (non-hydrogen) atoms. The second kappa shape index (κ2) is 5.73. The fourth-order valence-electron chi connectivity index (χ4n) is 2.09. The van der Waals surface area contributed by atoms with Gasteiger partial charge in [0.1, 0.15) is 5.82 Å². The van der Waals surface area contributed by atoms with Crippen LogP contribution >= 0.6 is 11.3 Å². The molecular weight excluding hydrogens is 311 g/mol. The summed E-state index contributed by atoms with van der Waals surface area (Å²) in [5, 5.41) is 3.94. The average molecular weight is 328 g/mol. The van der Waals surface area contributed by atoms with Crippen molar-refractivity contribution in [2.24, 2.45) is 0 Å². The molecule has 114 valence electrons. The maximum atomic E-state index is 13.9. The molecule has 1 N–H and O–H groups in total. The maximum Gasteiger partial charge on any atom is 0.175 e. The Morgan fingerprint density at radius 1 is 1.33 bits per heavy atom. The first-order valence-corrected chi connectivity index (χ1v) is 9.09. The number of benzene rings is 1. The van der Waals surface area contributed by atoms with Gasteiger partial charge in [-0.25, -0.2) is 17.8 Å². The number of rotatable bonds is 4. The minimum absolute atomic E-state index is 0.0878. The van der Waals surface area contributed by atoms with E-state index in [0.717, 1.165) is 27.9 Å². The third-order valence-corrected chi connectivity index (χ3v) is 5.10. The maximum absolute atomic E-state index is 13.9. The molecule has 1 unspecified atom stereocenters. The van der Waals surface area contributed by atoms with Gasteiger partial charge in [-0.05, 0) is 39.0 Å². The number of aromatic nitrogens is 1. The molecule has 2 aromatic rings. The smallest absolute Gasteiger partial charge is 0.175 e. The summed E-state index contributed by atoms with van der Waals surface area (Å²) >= 11 is 1.58. The SMILES string of the molecule is Cc1nc(C(C)Nc2cc(S(C)(=O)=O)ccc2F)c(C)s1. The van der Waals surface area contributed by atoms with Gasteiger partial charge in [0.2, 0.25) is 0 Å². The standard InChI is InChI=1S/C14H17FN2O2S2/c1-8(14-9(2)20-10(3)17-14)16-13-7-11(21(4,18)19)5-6-12(13)15/h5-8,16H,1-4H3. The van der Waals surface area contributed by atoms with Crippen molar-refractivity contribution in [3.05, 3.63) is 39.6 Å². The number of nitrogens with one attached hydrogen (secondary N) is 1. The molecule has 0 radical (unpaired) electrons. The third kappa shape index (κ3) is 3.59. The number of hydrogen-bond donors (Lipinski definition) is 1. The first-order chi connectivity index (χ1) is 9.68. The summed E-state index contributed by atoms with van der Waals surface area (Å²) < 4.78 is 37.0. The summed E-state index contributed by atoms with van der Waals surface area (Å²) in [5.74, 6) is -0.487. The van der Waals surface area contributed by atoms with Crippen LogP contribution in [0.1, 0.15) is 28.5 Å². The van der Waals surface area contributed by atoms with Gasteiger partial charge in [-0.3, -0.25) is 0 Å². The van der Waals surface area contributed by atoms with Crippen LogP contribution in [-0.2, 0) is 9.84 Å². The number of sulfone groups is 1. The van der Waals surface area contributed by atoms with E-state index in [-0.39, 0.29) is 16.6 Å². The van der Waals surface area contributed by atoms with Gasteiger partial charge in [0, 0.05) is 11.1 Å². The number of thiazole rings is 1. The average Bonchev–Trinajstić information content (AvgIpc) is 2.70. The molecule has 0 bridgehead atoms. The predicted octanol–water partition coefficient (Wildman–Crippen LogP) is 3.48. The monoisotopic (exact) mass is 328 g/mol. The lowest BCUT2D eigenvalue weighted by Crippen LogP contribution is -2.10. The minimum atomic E-state index is -3.37. The lowest BCUT2D eigenvalue weighted by atomic mass is 10.2. The molecule has 0 aliphatic carbocycles. The van der Waals surface area contributed by atoms with Crippen LogP contribution in [0.5, 0.6) is 0 Å². The predicted molar refractivity (Wildman–Crippen MR) is 83.1 cm³/mol. The molecule has 0 saturated carbocycles. The first kappa shape index (κ1) is 15.9. The van der Waals surface area contributed by atoms with Gasteiger partial charge in [-0.2, -0.15) is 0 Å². The second-order valence-electron chi connectivity index (χ2n) is 4.95. The molecule has 0 fully saturated rings. The van der Waals surface area contributed by atoms with Crippen molar-refractivity contribution in [3.63, 3.8) is 0 Å². The van der Waals surface area contributed by atoms with Gasteiger partial charge in [-0.1, -0.05) is 0 Å². The largest absolute Gasteiger partial charge is 0.375 e. The molecule has 0 amide bonds. The molecule has 1 aromatic carbocycles. The summed E-state index contributed by atoms with van der Waals surface area (Å²) in [6.07, 6.45) is 1.10. The second-order valence-corrected chi connectivity index (χ2v) is 8.38. The lowest BCUT2D eigenvalue weighted by molar-refractivity contribution is 0.600. The Bertz CT molecular complexity index is 769. The van der Waals surface area contributed by atoms with Crippen LogP contribution in [0, 0.1) is 19.7 Å². The highest BCUT2D eigenvalue weighted by atomic mass is 32.2. The Kier molecular flexibility index (Phi) is 4.34. The Morgan fingerprint density at radius 2 is 2.00 bits per heavy atom. The minimum Gasteiger partial charge on any atom is -0.375 e. The molecular formula is C14H17FN2O2S2. The Balaban J connectivity index is 2.33. The molecule has 0 saturated heterocycles. The zero-order valence-corrected chi connectivity index (χ0v) is 13.9. The van der Waals surface area contributed by atoms with E-state index in [1.54, 1.807) is 11.3 Å². The van der Waals surface area contributed by atoms with E-state index in [0.29, 0.717) is 0 Å². The molecule has 0 aliphatic heterocycles. The van der Waals surface area contributed by atoms with E-state index < -0.39 is 15.7 Å². The lowest BCUT2D eigenvalue weighted by Gasteiger charge is -2.15. The quantitative estimate of drug-likeness (QED) is 0.873. The molecule has 1 heterocycles. The van der Waals surface area contributed by atoms with Crippen LogP contribution < -0.4 is 5.32 Å². The van der Waals surface area contributed by atoms with Crippen molar-refractivity contribution >= 4 is 26.9 Å². The van der Waals surface area contributed by atoms with Gasteiger partial charge in [0.15, 0.2) is 9.84 Å². The molecule has 1 atom stereocenters. The highest BCUT2D eigenvalue weighted by Gasteiger charge is 2.16. The molecule has 2 rings (SSSR count). The Hall–Kier alpha value is -1.47. The zero-order valence-electron chi connectivity index (χ0n) is 12.3. The number of anilines is 1. The third-order valence-electron chi connectivity index (χ3n) is 3.09. The van der Waals surface area contributed by atoms with Crippen molar-refractivity contribution in [1.29, 1.82) is 0 Å². The fourth-order valence-corrected chi connectivity index (χ4v) is 3.66. The van der Waals surface area contributed by atoms with Gasteiger partial charge in [0.25, 0.3) is 0 Å². The summed E-state index contributed by atoms with van der Waals surface area (Å²) in [6, 6.07) is 3.53. The number of aryl methyl sites for hydroxylation is 2. The van der Waals surface area contributed by atoms with Crippen LogP contribution in [0.2, 0.25) is 0 Å². The molecule has 1 aromatic heterocycles. The van der Waals surface area contributed by atoms with E-state index in [2.05, 4.69) is 10.3 Å². The van der Waals surface area contributed by atoms with Crippen LogP contribution in [0.15, 0.2) is 23.1 Å². The van der Waals surface area contributed by atoms with Crippen LogP contribution in [0.3, 0.4) is 0 Å².